The van der Waals surface area contributed by atoms with Crippen LogP contribution in [0.25, 0.3) is 0 Å². The van der Waals surface area contributed by atoms with Crippen molar-refractivity contribution < 1.29 is 19.7 Å². The van der Waals surface area contributed by atoms with Crippen molar-refractivity contribution in [1.82, 2.24) is 0 Å². The fourth-order valence-corrected chi connectivity index (χ4v) is 4.53. The second-order valence-corrected chi connectivity index (χ2v) is 11.3. The highest BCUT2D eigenvalue weighted by molar-refractivity contribution is 4.99. The Morgan fingerprint density at radius 3 is 1.43 bits per heavy atom. The molecular weight excluding hydrogens is 376 g/mol. The van der Waals surface area contributed by atoms with Gasteiger partial charge in [-0.2, -0.15) is 0 Å². The maximum Gasteiger partial charge on any atom is 0.0761 e. The van der Waals surface area contributed by atoms with Gasteiger partial charge in [-0.05, 0) is 62.2 Å². The lowest BCUT2D eigenvalue weighted by Gasteiger charge is -2.21. The van der Waals surface area contributed by atoms with Crippen LogP contribution in [-0.4, -0.2) is 47.8 Å². The largest absolute Gasteiger partial charge is 0.396 e. The van der Waals surface area contributed by atoms with Crippen LogP contribution in [-0.2, 0) is 9.47 Å². The first-order valence-electron chi connectivity index (χ1n) is 12.4. The first-order valence-corrected chi connectivity index (χ1v) is 12.4. The molecule has 0 aliphatic carbocycles. The molecule has 0 bridgehead atoms. The summed E-state index contributed by atoms with van der Waals surface area (Å²) in [5, 5.41) is 18.7. The minimum Gasteiger partial charge on any atom is -0.396 e. The third-order valence-corrected chi connectivity index (χ3v) is 6.94. The van der Waals surface area contributed by atoms with Crippen LogP contribution in [0.2, 0.25) is 0 Å². The van der Waals surface area contributed by atoms with Crippen LogP contribution in [0.5, 0.6) is 0 Å². The smallest absolute Gasteiger partial charge is 0.0761 e. The molecule has 0 aromatic carbocycles. The molecule has 2 N–H and O–H groups in total. The Morgan fingerprint density at radius 2 is 1.07 bits per heavy atom. The molecule has 0 aromatic heterocycles. The quantitative estimate of drug-likeness (QED) is 0.273. The molecule has 0 radical (unpaired) electrons. The van der Waals surface area contributed by atoms with E-state index in [-0.39, 0.29) is 36.3 Å². The number of ether oxygens (including phenoxy) is 2. The van der Waals surface area contributed by atoms with Crippen molar-refractivity contribution >= 4 is 0 Å². The first-order chi connectivity index (χ1) is 14.2. The van der Waals surface area contributed by atoms with E-state index < -0.39 is 0 Å². The van der Waals surface area contributed by atoms with Crippen molar-refractivity contribution in [3.8, 4) is 0 Å². The second kappa shape index (κ2) is 12.6. The van der Waals surface area contributed by atoms with Crippen LogP contribution >= 0.6 is 0 Å². The van der Waals surface area contributed by atoms with Crippen LogP contribution in [0.3, 0.4) is 0 Å². The number of aliphatic hydroxyl groups excluding tert-OH is 2. The second-order valence-electron chi connectivity index (χ2n) is 11.3. The summed E-state index contributed by atoms with van der Waals surface area (Å²) in [4.78, 5) is 0. The van der Waals surface area contributed by atoms with Gasteiger partial charge in [0.05, 0.1) is 24.4 Å². The molecule has 4 unspecified atom stereocenters. The van der Waals surface area contributed by atoms with Gasteiger partial charge in [0.25, 0.3) is 0 Å². The van der Waals surface area contributed by atoms with Crippen LogP contribution in [0.1, 0.15) is 105 Å². The van der Waals surface area contributed by atoms with Crippen molar-refractivity contribution in [2.45, 2.75) is 129 Å². The van der Waals surface area contributed by atoms with Crippen molar-refractivity contribution in [2.75, 3.05) is 13.2 Å². The molecule has 0 aromatic rings. The van der Waals surface area contributed by atoms with Gasteiger partial charge in [-0.3, -0.25) is 0 Å². The summed E-state index contributed by atoms with van der Waals surface area (Å²) in [6.45, 7) is 9.07. The maximum atomic E-state index is 9.35. The van der Waals surface area contributed by atoms with Gasteiger partial charge in [-0.15, -0.1) is 0 Å². The monoisotopic (exact) mass is 424 g/mol. The summed E-state index contributed by atoms with van der Waals surface area (Å²) in [6, 6.07) is 0. The highest BCUT2D eigenvalue weighted by Crippen LogP contribution is 2.30. The van der Waals surface area contributed by atoms with Crippen LogP contribution in [0.15, 0.2) is 12.2 Å². The lowest BCUT2D eigenvalue weighted by Crippen LogP contribution is -2.16. The van der Waals surface area contributed by atoms with Crippen LogP contribution in [0.4, 0.5) is 0 Å². The molecule has 2 rings (SSSR count). The zero-order valence-electron chi connectivity index (χ0n) is 20.1. The van der Waals surface area contributed by atoms with E-state index in [2.05, 4.69) is 39.8 Å². The average Bonchev–Trinajstić information content (AvgIpc) is 3.36. The van der Waals surface area contributed by atoms with E-state index in [4.69, 9.17) is 9.47 Å². The fraction of sp³-hybridized carbons (Fsp3) is 0.923. The molecule has 4 atom stereocenters. The SMILES string of the molecule is CC(C)(CO)CCCCC1CCC(/C=C/C2CCC(CCCCC(C)(C)CO)O2)O1. The standard InChI is InChI=1S/C26H48O4/c1-25(2,19-27)17-7-5-9-21-11-13-23(29-21)15-16-24-14-12-22(30-24)10-6-8-18-26(3,4)20-28/h15-16,21-24,27-28H,5-14,17-20H2,1-4H3/b16-15+. The number of unbranched alkanes of at least 4 members (excludes halogenated alkanes) is 2. The highest BCUT2D eigenvalue weighted by atomic mass is 16.5. The number of rotatable bonds is 14. The third kappa shape index (κ3) is 9.80. The number of hydrogen-bond donors (Lipinski definition) is 2. The molecule has 0 amide bonds. The van der Waals surface area contributed by atoms with Crippen molar-refractivity contribution in [2.24, 2.45) is 10.8 Å². The minimum absolute atomic E-state index is 0.0525. The van der Waals surface area contributed by atoms with E-state index in [1.807, 2.05) is 0 Å². The van der Waals surface area contributed by atoms with E-state index in [0.29, 0.717) is 12.2 Å². The molecule has 2 saturated heterocycles. The molecule has 30 heavy (non-hydrogen) atoms. The lowest BCUT2D eigenvalue weighted by atomic mass is 9.88. The maximum absolute atomic E-state index is 9.35. The zero-order valence-corrected chi connectivity index (χ0v) is 20.1. The van der Waals surface area contributed by atoms with E-state index in [1.165, 1.54) is 25.7 Å². The molecule has 176 valence electrons. The van der Waals surface area contributed by atoms with Gasteiger partial charge in [0.1, 0.15) is 0 Å². The van der Waals surface area contributed by atoms with Crippen molar-refractivity contribution in [1.29, 1.82) is 0 Å². The predicted octanol–water partition coefficient (Wildman–Crippen LogP) is 5.80. The Morgan fingerprint density at radius 1 is 0.667 bits per heavy atom. The zero-order chi connectivity index (χ0) is 22.0. The first kappa shape index (κ1) is 25.8. The summed E-state index contributed by atoms with van der Waals surface area (Å²) in [5.41, 5.74) is 0.105. The normalized spacial score (nSPS) is 28.1. The van der Waals surface area contributed by atoms with Crippen LogP contribution < -0.4 is 0 Å². The lowest BCUT2D eigenvalue weighted by molar-refractivity contribution is 0.0545. The molecule has 0 spiro atoms. The summed E-state index contributed by atoms with van der Waals surface area (Å²) in [6.07, 6.45) is 19.5. The third-order valence-electron chi connectivity index (χ3n) is 6.94. The molecule has 2 heterocycles. The molecule has 2 aliphatic heterocycles. The Kier molecular flexibility index (Phi) is 10.8. The van der Waals surface area contributed by atoms with Crippen LogP contribution in [0, 0.1) is 10.8 Å². The summed E-state index contributed by atoms with van der Waals surface area (Å²) in [7, 11) is 0. The predicted molar refractivity (Wildman–Crippen MR) is 124 cm³/mol. The molecule has 4 heteroatoms. The van der Waals surface area contributed by atoms with Gasteiger partial charge in [0.15, 0.2) is 0 Å². The fourth-order valence-electron chi connectivity index (χ4n) is 4.53. The summed E-state index contributed by atoms with van der Waals surface area (Å²) >= 11 is 0. The minimum atomic E-state index is 0.0525. The van der Waals surface area contributed by atoms with E-state index >= 15 is 0 Å². The van der Waals surface area contributed by atoms with Gasteiger partial charge < -0.3 is 19.7 Å². The van der Waals surface area contributed by atoms with Crippen molar-refractivity contribution in [3.05, 3.63) is 12.2 Å². The summed E-state index contributed by atoms with van der Waals surface area (Å²) in [5.74, 6) is 0. The summed E-state index contributed by atoms with van der Waals surface area (Å²) < 4.78 is 12.4. The Bertz CT molecular complexity index is 455. The molecule has 0 saturated carbocycles. The van der Waals surface area contributed by atoms with Gasteiger partial charge in [-0.25, -0.2) is 0 Å². The molecular formula is C26H48O4. The van der Waals surface area contributed by atoms with Gasteiger partial charge in [0, 0.05) is 13.2 Å². The topological polar surface area (TPSA) is 58.9 Å². The van der Waals surface area contributed by atoms with Crippen molar-refractivity contribution in [3.63, 3.8) is 0 Å². The van der Waals surface area contributed by atoms with Gasteiger partial charge in [0.2, 0.25) is 0 Å². The van der Waals surface area contributed by atoms with E-state index in [0.717, 1.165) is 51.4 Å². The molecule has 2 aliphatic rings. The number of aliphatic hydroxyl groups is 2. The molecule has 2 fully saturated rings. The Hall–Kier alpha value is -0.420. The van der Waals surface area contributed by atoms with Gasteiger partial charge >= 0.3 is 0 Å². The van der Waals surface area contributed by atoms with E-state index in [9.17, 15) is 10.2 Å². The van der Waals surface area contributed by atoms with Gasteiger partial charge in [-0.1, -0.05) is 65.5 Å². The Labute approximate surface area is 185 Å². The highest BCUT2D eigenvalue weighted by Gasteiger charge is 2.26. The molecule has 4 nitrogen and oxygen atoms in total. The average molecular weight is 425 g/mol. The number of hydrogen-bond acceptors (Lipinski definition) is 4. The Balaban J connectivity index is 1.55. The van der Waals surface area contributed by atoms with E-state index in [1.54, 1.807) is 0 Å².